The highest BCUT2D eigenvalue weighted by atomic mass is 35.5. The van der Waals surface area contributed by atoms with Crippen LogP contribution in [0.1, 0.15) is 31.4 Å². The lowest BCUT2D eigenvalue weighted by molar-refractivity contribution is -0.138. The minimum Gasteiger partial charge on any atom is -0.481 e. The van der Waals surface area contributed by atoms with Crippen LogP contribution in [-0.4, -0.2) is 23.0 Å². The van der Waals surface area contributed by atoms with Crippen LogP contribution in [0.4, 0.5) is 0 Å². The average molecular weight is 310 g/mol. The Morgan fingerprint density at radius 3 is 2.57 bits per heavy atom. The molecule has 1 aromatic rings. The second-order valence-electron chi connectivity index (χ2n) is 5.30. The smallest absolute Gasteiger partial charge is 0.305 e. The van der Waals surface area contributed by atoms with Crippen molar-refractivity contribution in [3.8, 4) is 0 Å². The number of benzene rings is 1. The van der Waals surface area contributed by atoms with E-state index in [2.05, 4.69) is 5.32 Å². The zero-order valence-corrected chi connectivity index (χ0v) is 13.1. The maximum absolute atomic E-state index is 11.8. The van der Waals surface area contributed by atoms with Crippen molar-refractivity contribution in [3.05, 3.63) is 40.4 Å². The molecule has 0 bridgehead atoms. The molecule has 0 saturated carbocycles. The van der Waals surface area contributed by atoms with Gasteiger partial charge in [0, 0.05) is 17.1 Å². The van der Waals surface area contributed by atoms with Crippen molar-refractivity contribution in [2.45, 2.75) is 33.2 Å². The van der Waals surface area contributed by atoms with Crippen molar-refractivity contribution >= 4 is 29.6 Å². The van der Waals surface area contributed by atoms with Crippen LogP contribution < -0.4 is 5.32 Å². The number of carboxylic acid groups (broad SMARTS) is 1. The number of carbonyl (C=O) groups is 2. The van der Waals surface area contributed by atoms with E-state index in [1.54, 1.807) is 12.1 Å². The Kier molecular flexibility index (Phi) is 6.43. The van der Waals surface area contributed by atoms with Crippen molar-refractivity contribution in [3.63, 3.8) is 0 Å². The highest BCUT2D eigenvalue weighted by Crippen LogP contribution is 2.17. The third-order valence-electron chi connectivity index (χ3n) is 3.15. The normalized spacial score (nSPS) is 12.6. The topological polar surface area (TPSA) is 66.4 Å². The molecule has 2 N–H and O–H groups in total. The lowest BCUT2D eigenvalue weighted by Crippen LogP contribution is -2.39. The van der Waals surface area contributed by atoms with Gasteiger partial charge in [-0.25, -0.2) is 0 Å². The number of aliphatic carboxylic acids is 1. The fraction of sp³-hybridized carbons (Fsp3) is 0.375. The van der Waals surface area contributed by atoms with E-state index in [1.165, 1.54) is 6.08 Å². The Balaban J connectivity index is 2.68. The van der Waals surface area contributed by atoms with E-state index in [9.17, 15) is 9.59 Å². The van der Waals surface area contributed by atoms with E-state index in [0.29, 0.717) is 5.02 Å². The largest absolute Gasteiger partial charge is 0.481 e. The molecular weight excluding hydrogens is 290 g/mol. The van der Waals surface area contributed by atoms with Gasteiger partial charge in [-0.2, -0.15) is 0 Å². The van der Waals surface area contributed by atoms with Gasteiger partial charge >= 0.3 is 5.97 Å². The summed E-state index contributed by atoms with van der Waals surface area (Å²) in [6.45, 7) is 5.65. The number of hydrogen-bond donors (Lipinski definition) is 2. The lowest BCUT2D eigenvalue weighted by Gasteiger charge is -2.19. The van der Waals surface area contributed by atoms with E-state index < -0.39 is 5.97 Å². The zero-order chi connectivity index (χ0) is 16.0. The van der Waals surface area contributed by atoms with E-state index in [1.807, 2.05) is 32.9 Å². The molecule has 0 aliphatic rings. The summed E-state index contributed by atoms with van der Waals surface area (Å²) in [4.78, 5) is 22.6. The Labute approximate surface area is 129 Å². The van der Waals surface area contributed by atoms with Crippen molar-refractivity contribution in [2.75, 3.05) is 0 Å². The minimum absolute atomic E-state index is 0.0484. The molecule has 1 rings (SSSR count). The molecule has 1 atom stereocenters. The number of hydrogen-bond acceptors (Lipinski definition) is 2. The van der Waals surface area contributed by atoms with Crippen molar-refractivity contribution in [1.82, 2.24) is 5.32 Å². The average Bonchev–Trinajstić information content (AvgIpc) is 2.38. The van der Waals surface area contributed by atoms with Crippen molar-refractivity contribution in [1.29, 1.82) is 0 Å². The summed E-state index contributed by atoms with van der Waals surface area (Å²) in [6, 6.07) is 5.13. The molecular formula is C16H20ClNO3. The van der Waals surface area contributed by atoms with Crippen LogP contribution in [0.2, 0.25) is 5.02 Å². The summed E-state index contributed by atoms with van der Waals surface area (Å²) >= 11 is 6.01. The standard InChI is InChI=1S/C16H20ClNO3/c1-10(2)14(9-16(20)21)18-15(19)7-6-12-5-4-11(3)13(17)8-12/h4-8,10,14H,9H2,1-3H3,(H,18,19)(H,20,21)/b7-6+. The van der Waals surface area contributed by atoms with E-state index in [4.69, 9.17) is 16.7 Å². The molecule has 0 aromatic heterocycles. The van der Waals surface area contributed by atoms with Crippen LogP contribution >= 0.6 is 11.6 Å². The lowest BCUT2D eigenvalue weighted by atomic mass is 10.0. The molecule has 0 aliphatic heterocycles. The molecule has 1 amide bonds. The molecule has 1 unspecified atom stereocenters. The van der Waals surface area contributed by atoms with Gasteiger partial charge in [0.2, 0.25) is 5.91 Å². The first-order chi connectivity index (χ1) is 9.79. The number of aryl methyl sites for hydroxylation is 1. The monoisotopic (exact) mass is 309 g/mol. The molecule has 0 aliphatic carbocycles. The van der Waals surface area contributed by atoms with Gasteiger partial charge in [0.05, 0.1) is 6.42 Å². The second kappa shape index (κ2) is 7.84. The molecule has 0 spiro atoms. The molecule has 1 aromatic carbocycles. The molecule has 5 heteroatoms. The summed E-state index contributed by atoms with van der Waals surface area (Å²) in [7, 11) is 0. The minimum atomic E-state index is -0.928. The fourth-order valence-corrected chi connectivity index (χ4v) is 1.95. The number of halogens is 1. The maximum Gasteiger partial charge on any atom is 0.305 e. The first-order valence-electron chi connectivity index (χ1n) is 6.76. The maximum atomic E-state index is 11.8. The first kappa shape index (κ1) is 17.2. The van der Waals surface area contributed by atoms with Gasteiger partial charge in [-0.05, 0) is 36.1 Å². The summed E-state index contributed by atoms with van der Waals surface area (Å²) in [6.07, 6.45) is 2.95. The highest BCUT2D eigenvalue weighted by molar-refractivity contribution is 6.31. The Morgan fingerprint density at radius 1 is 1.38 bits per heavy atom. The number of rotatable bonds is 6. The second-order valence-corrected chi connectivity index (χ2v) is 5.71. The number of carbonyl (C=O) groups excluding carboxylic acids is 1. The third-order valence-corrected chi connectivity index (χ3v) is 3.56. The number of nitrogens with one attached hydrogen (secondary N) is 1. The Bertz CT molecular complexity index is 552. The van der Waals surface area contributed by atoms with Gasteiger partial charge in [-0.15, -0.1) is 0 Å². The summed E-state index contributed by atoms with van der Waals surface area (Å²) < 4.78 is 0. The van der Waals surface area contributed by atoms with Gasteiger partial charge in [0.15, 0.2) is 0 Å². The van der Waals surface area contributed by atoms with Crippen molar-refractivity contribution < 1.29 is 14.7 Å². The van der Waals surface area contributed by atoms with Crippen LogP contribution in [0.15, 0.2) is 24.3 Å². The van der Waals surface area contributed by atoms with E-state index >= 15 is 0 Å². The van der Waals surface area contributed by atoms with Gasteiger partial charge in [0.1, 0.15) is 0 Å². The summed E-state index contributed by atoms with van der Waals surface area (Å²) in [5, 5.41) is 12.2. The molecule has 4 nitrogen and oxygen atoms in total. The number of carboxylic acids is 1. The fourth-order valence-electron chi connectivity index (χ4n) is 1.76. The quantitative estimate of drug-likeness (QED) is 0.793. The molecule has 0 heterocycles. The molecule has 0 fully saturated rings. The predicted octanol–water partition coefficient (Wildman–Crippen LogP) is 3.28. The molecule has 0 saturated heterocycles. The Morgan fingerprint density at radius 2 is 2.05 bits per heavy atom. The summed E-state index contributed by atoms with van der Waals surface area (Å²) in [5.41, 5.74) is 1.79. The van der Waals surface area contributed by atoms with Gasteiger partial charge in [-0.1, -0.05) is 37.6 Å². The van der Waals surface area contributed by atoms with Crippen LogP contribution in [0.3, 0.4) is 0 Å². The van der Waals surface area contributed by atoms with Crippen molar-refractivity contribution in [2.24, 2.45) is 5.92 Å². The van der Waals surface area contributed by atoms with E-state index in [0.717, 1.165) is 11.1 Å². The zero-order valence-electron chi connectivity index (χ0n) is 12.4. The van der Waals surface area contributed by atoms with Gasteiger partial charge < -0.3 is 10.4 Å². The summed E-state index contributed by atoms with van der Waals surface area (Å²) in [5.74, 6) is -1.19. The highest BCUT2D eigenvalue weighted by Gasteiger charge is 2.18. The van der Waals surface area contributed by atoms with Crippen LogP contribution in [-0.2, 0) is 9.59 Å². The number of amides is 1. The van der Waals surface area contributed by atoms with E-state index in [-0.39, 0.29) is 24.3 Å². The predicted molar refractivity (Wildman–Crippen MR) is 84.2 cm³/mol. The first-order valence-corrected chi connectivity index (χ1v) is 7.14. The third kappa shape index (κ3) is 6.00. The molecule has 114 valence electrons. The SMILES string of the molecule is Cc1ccc(/C=C/C(=O)NC(CC(=O)O)C(C)C)cc1Cl. The molecule has 21 heavy (non-hydrogen) atoms. The van der Waals surface area contributed by atoms with Gasteiger partial charge in [-0.3, -0.25) is 9.59 Å². The van der Waals surface area contributed by atoms with Crippen LogP contribution in [0, 0.1) is 12.8 Å². The Hall–Kier alpha value is -1.81. The van der Waals surface area contributed by atoms with Gasteiger partial charge in [0.25, 0.3) is 0 Å². The molecule has 0 radical (unpaired) electrons. The van der Waals surface area contributed by atoms with Crippen LogP contribution in [0.25, 0.3) is 6.08 Å². The van der Waals surface area contributed by atoms with Crippen LogP contribution in [0.5, 0.6) is 0 Å².